The number of amides is 1. The van der Waals surface area contributed by atoms with Gasteiger partial charge in [-0.15, -0.1) is 0 Å². The van der Waals surface area contributed by atoms with E-state index in [2.05, 4.69) is 5.32 Å². The minimum Gasteiger partial charge on any atom is -0.481 e. The van der Waals surface area contributed by atoms with Gasteiger partial charge in [0.15, 0.2) is 0 Å². The number of nitrogens with one attached hydrogen (secondary N) is 1. The number of aliphatic carboxylic acids is 1. The fourth-order valence-corrected chi connectivity index (χ4v) is 3.49. The molecule has 2 fully saturated rings. The molecule has 2 rings (SSSR count). The van der Waals surface area contributed by atoms with Crippen molar-refractivity contribution in [1.82, 2.24) is 10.2 Å². The topological polar surface area (TPSA) is 69.6 Å². The standard InChI is InChI=1S/C15H26N2O3/c1-11(2)15(13(19)20)7-9-17(10-15)12(18)14(3)6-4-5-8-16-14/h11,16H,4-10H2,1-3H3,(H,19,20). The van der Waals surface area contributed by atoms with Crippen molar-refractivity contribution in [3.8, 4) is 0 Å². The smallest absolute Gasteiger partial charge is 0.311 e. The number of nitrogens with zero attached hydrogens (tertiary/aromatic N) is 1. The summed E-state index contributed by atoms with van der Waals surface area (Å²) in [4.78, 5) is 26.1. The average Bonchev–Trinajstić information content (AvgIpc) is 2.85. The van der Waals surface area contributed by atoms with E-state index < -0.39 is 16.9 Å². The van der Waals surface area contributed by atoms with Crippen molar-refractivity contribution in [1.29, 1.82) is 0 Å². The molecule has 0 aromatic rings. The number of carbonyl (C=O) groups is 2. The summed E-state index contributed by atoms with van der Waals surface area (Å²) in [6.45, 7) is 7.58. The summed E-state index contributed by atoms with van der Waals surface area (Å²) in [5, 5.41) is 12.9. The minimum absolute atomic E-state index is 0.0323. The lowest BCUT2D eigenvalue weighted by Crippen LogP contribution is -2.58. The van der Waals surface area contributed by atoms with E-state index >= 15 is 0 Å². The summed E-state index contributed by atoms with van der Waals surface area (Å²) in [7, 11) is 0. The van der Waals surface area contributed by atoms with Gasteiger partial charge < -0.3 is 15.3 Å². The van der Waals surface area contributed by atoms with Gasteiger partial charge in [-0.2, -0.15) is 0 Å². The Morgan fingerprint density at radius 1 is 1.25 bits per heavy atom. The summed E-state index contributed by atoms with van der Waals surface area (Å²) in [5.74, 6) is -0.671. The van der Waals surface area contributed by atoms with E-state index in [0.29, 0.717) is 19.5 Å². The molecule has 2 unspecified atom stereocenters. The average molecular weight is 282 g/mol. The van der Waals surface area contributed by atoms with Crippen LogP contribution in [0.4, 0.5) is 0 Å². The Balaban J connectivity index is 2.12. The summed E-state index contributed by atoms with van der Waals surface area (Å²) in [6, 6.07) is 0. The molecule has 20 heavy (non-hydrogen) atoms. The second-order valence-corrected chi connectivity index (χ2v) is 6.81. The molecule has 0 bridgehead atoms. The highest BCUT2D eigenvalue weighted by molar-refractivity contribution is 5.87. The first-order valence-electron chi connectivity index (χ1n) is 7.60. The van der Waals surface area contributed by atoms with Gasteiger partial charge in [-0.1, -0.05) is 13.8 Å². The predicted octanol–water partition coefficient (Wildman–Crippen LogP) is 1.48. The first kappa shape index (κ1) is 15.3. The van der Waals surface area contributed by atoms with E-state index in [1.165, 1.54) is 0 Å². The van der Waals surface area contributed by atoms with E-state index in [0.717, 1.165) is 25.8 Å². The summed E-state index contributed by atoms with van der Waals surface area (Å²) in [6.07, 6.45) is 3.55. The van der Waals surface area contributed by atoms with Crippen LogP contribution in [0.25, 0.3) is 0 Å². The Morgan fingerprint density at radius 3 is 2.40 bits per heavy atom. The van der Waals surface area contributed by atoms with Crippen LogP contribution in [0.15, 0.2) is 0 Å². The molecule has 114 valence electrons. The van der Waals surface area contributed by atoms with Gasteiger partial charge in [0.25, 0.3) is 0 Å². The van der Waals surface area contributed by atoms with Crippen molar-refractivity contribution in [3.05, 3.63) is 0 Å². The maximum atomic E-state index is 12.7. The van der Waals surface area contributed by atoms with E-state index in [1.54, 1.807) is 4.90 Å². The highest BCUT2D eigenvalue weighted by atomic mass is 16.4. The quantitative estimate of drug-likeness (QED) is 0.822. The summed E-state index contributed by atoms with van der Waals surface area (Å²) in [5.41, 5.74) is -1.29. The van der Waals surface area contributed by atoms with Crippen LogP contribution < -0.4 is 5.32 Å². The number of carbonyl (C=O) groups excluding carboxylic acids is 1. The van der Waals surface area contributed by atoms with Gasteiger partial charge in [0, 0.05) is 13.1 Å². The Labute approximate surface area is 120 Å². The monoisotopic (exact) mass is 282 g/mol. The van der Waals surface area contributed by atoms with E-state index in [9.17, 15) is 14.7 Å². The van der Waals surface area contributed by atoms with Crippen molar-refractivity contribution in [3.63, 3.8) is 0 Å². The molecule has 0 spiro atoms. The number of carboxylic acids is 1. The first-order valence-corrected chi connectivity index (χ1v) is 7.60. The molecule has 5 heteroatoms. The number of piperidine rings is 1. The fraction of sp³-hybridized carbons (Fsp3) is 0.867. The SMILES string of the molecule is CC(C)C1(C(=O)O)CCN(C(=O)C2(C)CCCCN2)C1. The van der Waals surface area contributed by atoms with Gasteiger partial charge in [0.2, 0.25) is 5.91 Å². The largest absolute Gasteiger partial charge is 0.481 e. The van der Waals surface area contributed by atoms with Gasteiger partial charge in [0.1, 0.15) is 0 Å². The van der Waals surface area contributed by atoms with Gasteiger partial charge in [0.05, 0.1) is 11.0 Å². The molecular formula is C15H26N2O3. The lowest BCUT2D eigenvalue weighted by molar-refractivity contribution is -0.151. The van der Waals surface area contributed by atoms with Crippen molar-refractivity contribution < 1.29 is 14.7 Å². The molecule has 0 aromatic carbocycles. The Morgan fingerprint density at radius 2 is 1.95 bits per heavy atom. The number of rotatable bonds is 3. The summed E-state index contributed by atoms with van der Waals surface area (Å²) < 4.78 is 0. The minimum atomic E-state index is -0.777. The molecular weight excluding hydrogens is 256 g/mol. The Bertz CT molecular complexity index is 402. The van der Waals surface area contributed by atoms with E-state index in [-0.39, 0.29) is 11.8 Å². The second kappa shape index (κ2) is 5.35. The van der Waals surface area contributed by atoms with Crippen LogP contribution >= 0.6 is 0 Å². The molecule has 0 radical (unpaired) electrons. The molecule has 2 saturated heterocycles. The third-order valence-electron chi connectivity index (χ3n) is 5.21. The molecule has 5 nitrogen and oxygen atoms in total. The summed E-state index contributed by atoms with van der Waals surface area (Å²) >= 11 is 0. The lowest BCUT2D eigenvalue weighted by atomic mass is 9.76. The van der Waals surface area contributed by atoms with E-state index in [4.69, 9.17) is 0 Å². The second-order valence-electron chi connectivity index (χ2n) is 6.81. The highest BCUT2D eigenvalue weighted by Gasteiger charge is 2.50. The highest BCUT2D eigenvalue weighted by Crippen LogP contribution is 2.39. The molecule has 2 aliphatic rings. The molecule has 1 amide bonds. The van der Waals surface area contributed by atoms with Gasteiger partial charge >= 0.3 is 5.97 Å². The zero-order chi connectivity index (χ0) is 15.0. The van der Waals surface area contributed by atoms with Crippen molar-refractivity contribution in [2.24, 2.45) is 11.3 Å². The first-order chi connectivity index (χ1) is 9.32. The third kappa shape index (κ3) is 2.43. The van der Waals surface area contributed by atoms with Crippen LogP contribution in [0.2, 0.25) is 0 Å². The van der Waals surface area contributed by atoms with Gasteiger partial charge in [-0.25, -0.2) is 0 Å². The molecule has 2 atom stereocenters. The molecule has 2 aliphatic heterocycles. The number of hydrogen-bond donors (Lipinski definition) is 2. The molecule has 2 heterocycles. The molecule has 0 aromatic heterocycles. The Kier molecular flexibility index (Phi) is 4.09. The molecule has 0 saturated carbocycles. The molecule has 2 N–H and O–H groups in total. The predicted molar refractivity (Wildman–Crippen MR) is 76.4 cm³/mol. The van der Waals surface area contributed by atoms with E-state index in [1.807, 2.05) is 20.8 Å². The number of carboxylic acid groups (broad SMARTS) is 1. The fourth-order valence-electron chi connectivity index (χ4n) is 3.49. The Hall–Kier alpha value is -1.10. The maximum Gasteiger partial charge on any atom is 0.311 e. The van der Waals surface area contributed by atoms with Crippen LogP contribution in [0, 0.1) is 11.3 Å². The van der Waals surface area contributed by atoms with Gasteiger partial charge in [-0.3, -0.25) is 9.59 Å². The van der Waals surface area contributed by atoms with Crippen molar-refractivity contribution in [2.75, 3.05) is 19.6 Å². The zero-order valence-corrected chi connectivity index (χ0v) is 12.7. The van der Waals surface area contributed by atoms with Crippen LogP contribution in [0.5, 0.6) is 0 Å². The normalized spacial score (nSPS) is 34.5. The number of hydrogen-bond acceptors (Lipinski definition) is 3. The lowest BCUT2D eigenvalue weighted by Gasteiger charge is -2.37. The van der Waals surface area contributed by atoms with Gasteiger partial charge in [-0.05, 0) is 45.1 Å². The van der Waals surface area contributed by atoms with Crippen LogP contribution in [0.1, 0.15) is 46.5 Å². The van der Waals surface area contributed by atoms with Crippen LogP contribution in [0.3, 0.4) is 0 Å². The molecule has 0 aliphatic carbocycles. The van der Waals surface area contributed by atoms with Crippen LogP contribution in [-0.2, 0) is 9.59 Å². The van der Waals surface area contributed by atoms with Crippen molar-refractivity contribution in [2.45, 2.75) is 52.0 Å². The van der Waals surface area contributed by atoms with Crippen LogP contribution in [-0.4, -0.2) is 47.1 Å². The maximum absolute atomic E-state index is 12.7. The zero-order valence-electron chi connectivity index (χ0n) is 12.7. The van der Waals surface area contributed by atoms with Crippen molar-refractivity contribution >= 4 is 11.9 Å². The number of likely N-dealkylation sites (tertiary alicyclic amines) is 1. The third-order valence-corrected chi connectivity index (χ3v) is 5.21.